The van der Waals surface area contributed by atoms with Crippen molar-refractivity contribution in [1.29, 1.82) is 0 Å². The summed E-state index contributed by atoms with van der Waals surface area (Å²) in [5.41, 5.74) is 3.55. The fraction of sp³-hybridized carbons (Fsp3) is 0.657. The fourth-order valence-electron chi connectivity index (χ4n) is 4.89. The Labute approximate surface area is 263 Å². The van der Waals surface area contributed by atoms with E-state index in [9.17, 15) is 10.2 Å². The van der Waals surface area contributed by atoms with Gasteiger partial charge in [0.05, 0.1) is 10.7 Å². The number of hydrogen-bond donors (Lipinski definition) is 2. The van der Waals surface area contributed by atoms with Crippen LogP contribution in [0.5, 0.6) is 11.5 Å². The molecule has 42 heavy (non-hydrogen) atoms. The van der Waals surface area contributed by atoms with E-state index in [2.05, 4.69) is 121 Å². The largest absolute Gasteiger partial charge is 0.507 e. The number of aromatic hydroxyl groups is 1. The number of aliphatic hydroxyl groups is 1. The molecule has 0 aliphatic carbocycles. The number of phenols is 1. The van der Waals surface area contributed by atoms with Gasteiger partial charge >= 0.3 is 0 Å². The summed E-state index contributed by atoms with van der Waals surface area (Å²) in [6.45, 7) is 30.7. The number of aliphatic hydroxyl groups excluding tert-OH is 1. The number of ether oxygens (including phenoxy) is 3. The molecule has 2 aromatic rings. The lowest BCUT2D eigenvalue weighted by atomic mass is 9.79. The number of epoxide rings is 1. The molecule has 0 amide bonds. The SMILES string of the molecule is CC(C)(Sc1cc(C(C)(C)C)c(O)c(C(C)(C)C)c1)Sc1cc(C(C)(C)C)c(OCOC2OC2CO)c(C(C)(C)C)c1. The van der Waals surface area contributed by atoms with Crippen molar-refractivity contribution in [3.63, 3.8) is 0 Å². The third kappa shape index (κ3) is 8.84. The normalized spacial score (nSPS) is 18.4. The predicted molar refractivity (Wildman–Crippen MR) is 177 cm³/mol. The van der Waals surface area contributed by atoms with E-state index in [1.807, 2.05) is 23.5 Å². The molecule has 0 radical (unpaired) electrons. The van der Waals surface area contributed by atoms with Crippen LogP contribution in [0.3, 0.4) is 0 Å². The lowest BCUT2D eigenvalue weighted by Crippen LogP contribution is -2.22. The molecule has 1 fully saturated rings. The molecule has 2 unspecified atom stereocenters. The molecule has 0 spiro atoms. The summed E-state index contributed by atoms with van der Waals surface area (Å²) in [6, 6.07) is 8.86. The van der Waals surface area contributed by atoms with Crippen molar-refractivity contribution in [2.24, 2.45) is 0 Å². The maximum Gasteiger partial charge on any atom is 0.192 e. The smallest absolute Gasteiger partial charge is 0.192 e. The minimum absolute atomic E-state index is 0.0515. The Morgan fingerprint density at radius 1 is 0.667 bits per heavy atom. The Hall–Kier alpha value is -1.38. The van der Waals surface area contributed by atoms with Crippen molar-refractivity contribution in [2.45, 2.75) is 145 Å². The first kappa shape index (κ1) is 35.1. The predicted octanol–water partition coefficient (Wildman–Crippen LogP) is 9.27. The molecule has 0 saturated carbocycles. The van der Waals surface area contributed by atoms with Crippen molar-refractivity contribution in [2.75, 3.05) is 13.4 Å². The summed E-state index contributed by atoms with van der Waals surface area (Å²) in [5, 5.41) is 20.5. The van der Waals surface area contributed by atoms with Gasteiger partial charge in [0.25, 0.3) is 0 Å². The molecule has 2 N–H and O–H groups in total. The van der Waals surface area contributed by atoms with Crippen LogP contribution in [0.15, 0.2) is 34.1 Å². The van der Waals surface area contributed by atoms with E-state index in [0.29, 0.717) is 5.75 Å². The van der Waals surface area contributed by atoms with Gasteiger partial charge in [-0.25, -0.2) is 0 Å². The van der Waals surface area contributed by atoms with Gasteiger partial charge in [0.15, 0.2) is 13.1 Å². The molecule has 1 aliphatic heterocycles. The molecular weight excluding hydrogens is 565 g/mol. The van der Waals surface area contributed by atoms with Gasteiger partial charge in [-0.3, -0.25) is 0 Å². The third-order valence-electron chi connectivity index (χ3n) is 7.26. The van der Waals surface area contributed by atoms with E-state index in [1.165, 1.54) is 4.90 Å². The minimum Gasteiger partial charge on any atom is -0.507 e. The summed E-state index contributed by atoms with van der Waals surface area (Å²) >= 11 is 3.68. The van der Waals surface area contributed by atoms with E-state index in [-0.39, 0.29) is 45.2 Å². The van der Waals surface area contributed by atoms with Gasteiger partial charge in [-0.05, 0) is 59.8 Å². The Balaban J connectivity index is 1.99. The first-order valence-corrected chi connectivity index (χ1v) is 16.5. The molecule has 2 aromatic carbocycles. The van der Waals surface area contributed by atoms with Gasteiger partial charge < -0.3 is 24.4 Å². The van der Waals surface area contributed by atoms with Crippen LogP contribution in [0.2, 0.25) is 0 Å². The van der Waals surface area contributed by atoms with Gasteiger partial charge in [0.2, 0.25) is 0 Å². The maximum atomic E-state index is 11.2. The highest BCUT2D eigenvalue weighted by atomic mass is 32.2. The molecule has 1 heterocycles. The summed E-state index contributed by atoms with van der Waals surface area (Å²) in [6.07, 6.45) is -0.667. The van der Waals surface area contributed by atoms with E-state index in [4.69, 9.17) is 14.2 Å². The van der Waals surface area contributed by atoms with E-state index in [0.717, 1.165) is 32.9 Å². The molecule has 3 rings (SSSR count). The first-order chi connectivity index (χ1) is 18.9. The lowest BCUT2D eigenvalue weighted by Gasteiger charge is -2.32. The van der Waals surface area contributed by atoms with E-state index < -0.39 is 6.29 Å². The van der Waals surface area contributed by atoms with E-state index >= 15 is 0 Å². The van der Waals surface area contributed by atoms with Crippen LogP contribution in [-0.2, 0) is 31.1 Å². The fourth-order valence-corrected chi connectivity index (χ4v) is 7.48. The Bertz CT molecular complexity index is 1190. The highest BCUT2D eigenvalue weighted by Gasteiger charge is 2.40. The summed E-state index contributed by atoms with van der Waals surface area (Å²) in [4.78, 5) is 2.35. The highest BCUT2D eigenvalue weighted by Crippen LogP contribution is 2.51. The average Bonchev–Trinajstić information content (AvgIpc) is 3.55. The van der Waals surface area contributed by atoms with Crippen molar-refractivity contribution in [3.8, 4) is 11.5 Å². The summed E-state index contributed by atoms with van der Waals surface area (Å²) in [7, 11) is 0. The number of thioether (sulfide) groups is 2. The van der Waals surface area contributed by atoms with Crippen LogP contribution in [0, 0.1) is 0 Å². The van der Waals surface area contributed by atoms with Crippen LogP contribution in [0.1, 0.15) is 119 Å². The van der Waals surface area contributed by atoms with Gasteiger partial charge in [0.1, 0.15) is 17.6 Å². The first-order valence-electron chi connectivity index (χ1n) is 14.9. The Morgan fingerprint density at radius 3 is 1.38 bits per heavy atom. The Kier molecular flexibility index (Phi) is 10.2. The topological polar surface area (TPSA) is 71.5 Å². The van der Waals surface area contributed by atoms with Crippen molar-refractivity contribution in [3.05, 3.63) is 46.5 Å². The third-order valence-corrected chi connectivity index (χ3v) is 9.68. The average molecular weight is 619 g/mol. The van der Waals surface area contributed by atoms with Crippen LogP contribution in [0.25, 0.3) is 0 Å². The van der Waals surface area contributed by atoms with E-state index in [1.54, 1.807) is 0 Å². The van der Waals surface area contributed by atoms with Crippen LogP contribution >= 0.6 is 23.5 Å². The van der Waals surface area contributed by atoms with Crippen molar-refractivity contribution < 1.29 is 24.4 Å². The maximum absolute atomic E-state index is 11.2. The second-order valence-corrected chi connectivity index (χ2v) is 19.6. The molecule has 5 nitrogen and oxygen atoms in total. The number of hydrogen-bond acceptors (Lipinski definition) is 7. The minimum atomic E-state index is -0.406. The molecule has 1 saturated heterocycles. The zero-order valence-corrected chi connectivity index (χ0v) is 29.9. The van der Waals surface area contributed by atoms with Gasteiger partial charge in [-0.15, -0.1) is 23.5 Å². The van der Waals surface area contributed by atoms with Crippen LogP contribution in [-0.4, -0.2) is 40.1 Å². The number of phenolic OH excluding ortho intramolecular Hbond substituents is 1. The van der Waals surface area contributed by atoms with Crippen molar-refractivity contribution in [1.82, 2.24) is 0 Å². The number of rotatable bonds is 9. The molecule has 2 atom stereocenters. The van der Waals surface area contributed by atoms with Gasteiger partial charge in [-0.2, -0.15) is 0 Å². The standard InChI is InChI=1S/C35H54O5S2/c1-31(2,3)23-15-21(16-24(28(23)37)32(4,5)6)41-35(13,14)42-22-17-25(33(7,8)9)29(26(18-22)34(10,11)12)38-20-39-30-27(19-36)40-30/h15-18,27,30,36-37H,19-20H2,1-14H3. The molecule has 7 heteroatoms. The van der Waals surface area contributed by atoms with Gasteiger partial charge in [-0.1, -0.05) is 83.1 Å². The Morgan fingerprint density at radius 2 is 1.05 bits per heavy atom. The summed E-state index contributed by atoms with van der Waals surface area (Å²) in [5.74, 6) is 1.27. The molecule has 236 valence electrons. The van der Waals surface area contributed by atoms with Gasteiger partial charge in [0, 0.05) is 32.0 Å². The molecule has 0 aromatic heterocycles. The quantitative estimate of drug-likeness (QED) is 0.165. The zero-order valence-electron chi connectivity index (χ0n) is 28.3. The molecule has 0 bridgehead atoms. The zero-order chi connectivity index (χ0) is 32.1. The van der Waals surface area contributed by atoms with Crippen LogP contribution in [0.4, 0.5) is 0 Å². The van der Waals surface area contributed by atoms with Crippen molar-refractivity contribution >= 4 is 23.5 Å². The second-order valence-electron chi connectivity index (χ2n) is 16.0. The lowest BCUT2D eigenvalue weighted by molar-refractivity contribution is -0.0357. The summed E-state index contributed by atoms with van der Waals surface area (Å²) < 4.78 is 17.2. The monoisotopic (exact) mass is 618 g/mol. The molecule has 1 aliphatic rings. The second kappa shape index (κ2) is 12.2. The molecular formula is C35H54O5S2. The number of benzene rings is 2. The highest BCUT2D eigenvalue weighted by molar-refractivity contribution is 8.18. The van der Waals surface area contributed by atoms with Crippen LogP contribution < -0.4 is 4.74 Å².